The van der Waals surface area contributed by atoms with E-state index < -0.39 is 19.7 Å². The van der Waals surface area contributed by atoms with Crippen LogP contribution in [0.4, 0.5) is 0 Å². The van der Waals surface area contributed by atoms with Crippen LogP contribution < -0.4 is 4.74 Å². The molecular formula is C8H6ClNO4S. The molecule has 0 saturated carbocycles. The standard InChI is InChI=1S/C8H6ClNO4S/c1-14-7-6(11)3-2-5(4-10)8(7)15(9,12)13/h2-3,11H,1H3. The van der Waals surface area contributed by atoms with E-state index in [1.165, 1.54) is 7.11 Å². The zero-order valence-electron chi connectivity index (χ0n) is 7.56. The van der Waals surface area contributed by atoms with Crippen LogP contribution in [-0.2, 0) is 9.05 Å². The molecule has 1 aromatic carbocycles. The highest BCUT2D eigenvalue weighted by Crippen LogP contribution is 2.37. The van der Waals surface area contributed by atoms with Crippen molar-refractivity contribution in [1.82, 2.24) is 0 Å². The zero-order chi connectivity index (χ0) is 11.6. The molecule has 7 heteroatoms. The fourth-order valence-electron chi connectivity index (χ4n) is 1.08. The lowest BCUT2D eigenvalue weighted by molar-refractivity contribution is 0.363. The Labute approximate surface area is 90.9 Å². The molecule has 1 rings (SSSR count). The lowest BCUT2D eigenvalue weighted by Crippen LogP contribution is -2.00. The minimum absolute atomic E-state index is 0.181. The molecule has 15 heavy (non-hydrogen) atoms. The van der Waals surface area contributed by atoms with Gasteiger partial charge in [-0.15, -0.1) is 0 Å². The van der Waals surface area contributed by atoms with E-state index in [1.807, 2.05) is 0 Å². The van der Waals surface area contributed by atoms with Crippen molar-refractivity contribution in [3.63, 3.8) is 0 Å². The van der Waals surface area contributed by atoms with Crippen LogP contribution in [0.15, 0.2) is 17.0 Å². The van der Waals surface area contributed by atoms with Crippen LogP contribution in [0.2, 0.25) is 0 Å². The minimum atomic E-state index is -4.15. The smallest absolute Gasteiger partial charge is 0.266 e. The molecule has 1 aromatic rings. The topological polar surface area (TPSA) is 87.4 Å². The first kappa shape index (κ1) is 11.6. The summed E-state index contributed by atoms with van der Waals surface area (Å²) in [5.41, 5.74) is -0.181. The Morgan fingerprint density at radius 2 is 2.13 bits per heavy atom. The maximum atomic E-state index is 11.2. The van der Waals surface area contributed by atoms with Crippen molar-refractivity contribution in [3.05, 3.63) is 17.7 Å². The first-order valence-corrected chi connectivity index (χ1v) is 5.97. The van der Waals surface area contributed by atoms with Gasteiger partial charge in [-0.2, -0.15) is 5.26 Å². The Morgan fingerprint density at radius 1 is 1.53 bits per heavy atom. The van der Waals surface area contributed by atoms with Gasteiger partial charge < -0.3 is 9.84 Å². The van der Waals surface area contributed by atoms with Crippen molar-refractivity contribution in [2.75, 3.05) is 7.11 Å². The predicted octanol–water partition coefficient (Wildman–Crippen LogP) is 1.20. The third kappa shape index (κ3) is 2.14. The summed E-state index contributed by atoms with van der Waals surface area (Å²) < 4.78 is 27.0. The van der Waals surface area contributed by atoms with Gasteiger partial charge in [0, 0.05) is 10.7 Å². The number of methoxy groups -OCH3 is 1. The van der Waals surface area contributed by atoms with Gasteiger partial charge in [0.15, 0.2) is 11.5 Å². The van der Waals surface area contributed by atoms with Crippen molar-refractivity contribution in [2.45, 2.75) is 4.90 Å². The Balaban J connectivity index is 3.73. The summed E-state index contributed by atoms with van der Waals surface area (Å²) in [6.07, 6.45) is 0. The maximum absolute atomic E-state index is 11.2. The molecule has 80 valence electrons. The van der Waals surface area contributed by atoms with Crippen LogP contribution >= 0.6 is 10.7 Å². The fraction of sp³-hybridized carbons (Fsp3) is 0.125. The number of hydrogen-bond donors (Lipinski definition) is 1. The molecule has 0 fully saturated rings. The zero-order valence-corrected chi connectivity index (χ0v) is 9.13. The van der Waals surface area contributed by atoms with Crippen molar-refractivity contribution in [2.24, 2.45) is 0 Å². The molecule has 0 aromatic heterocycles. The number of nitriles is 1. The average molecular weight is 248 g/mol. The average Bonchev–Trinajstić information content (AvgIpc) is 2.15. The van der Waals surface area contributed by atoms with Crippen molar-refractivity contribution in [1.29, 1.82) is 5.26 Å². The number of hydrogen-bond acceptors (Lipinski definition) is 5. The van der Waals surface area contributed by atoms with E-state index in [-0.39, 0.29) is 11.3 Å². The SMILES string of the molecule is COc1c(O)ccc(C#N)c1S(=O)(=O)Cl. The largest absolute Gasteiger partial charge is 0.504 e. The van der Waals surface area contributed by atoms with E-state index in [9.17, 15) is 13.5 Å². The summed E-state index contributed by atoms with van der Waals surface area (Å²) in [5, 5.41) is 18.0. The van der Waals surface area contributed by atoms with Crippen LogP contribution in [0.3, 0.4) is 0 Å². The van der Waals surface area contributed by atoms with Crippen molar-refractivity contribution < 1.29 is 18.3 Å². The number of nitrogens with zero attached hydrogens (tertiary/aromatic N) is 1. The van der Waals surface area contributed by atoms with E-state index in [0.717, 1.165) is 12.1 Å². The molecule has 0 heterocycles. The third-order valence-electron chi connectivity index (χ3n) is 1.66. The van der Waals surface area contributed by atoms with Crippen LogP contribution in [0.25, 0.3) is 0 Å². The number of phenols is 1. The fourth-order valence-corrected chi connectivity index (χ4v) is 2.32. The summed E-state index contributed by atoms with van der Waals surface area (Å²) in [6.45, 7) is 0. The van der Waals surface area contributed by atoms with E-state index >= 15 is 0 Å². The van der Waals surface area contributed by atoms with Crippen LogP contribution in [0, 0.1) is 11.3 Å². The molecule has 0 aliphatic heterocycles. The first-order valence-electron chi connectivity index (χ1n) is 3.66. The number of ether oxygens (including phenoxy) is 1. The molecular weight excluding hydrogens is 242 g/mol. The number of rotatable bonds is 2. The molecule has 0 aliphatic carbocycles. The highest BCUT2D eigenvalue weighted by atomic mass is 35.7. The Bertz CT molecular complexity index is 532. The van der Waals surface area contributed by atoms with Gasteiger partial charge in [0.2, 0.25) is 0 Å². The van der Waals surface area contributed by atoms with Gasteiger partial charge in [-0.05, 0) is 12.1 Å². The van der Waals surface area contributed by atoms with E-state index in [1.54, 1.807) is 6.07 Å². The summed E-state index contributed by atoms with van der Waals surface area (Å²) in [6, 6.07) is 3.95. The molecule has 5 nitrogen and oxygen atoms in total. The quantitative estimate of drug-likeness (QED) is 0.794. The second-order valence-electron chi connectivity index (χ2n) is 2.54. The lowest BCUT2D eigenvalue weighted by Gasteiger charge is -2.08. The van der Waals surface area contributed by atoms with Gasteiger partial charge in [0.05, 0.1) is 12.7 Å². The molecule has 0 spiro atoms. The summed E-state index contributed by atoms with van der Waals surface area (Å²) >= 11 is 0. The van der Waals surface area contributed by atoms with Gasteiger partial charge in [-0.25, -0.2) is 8.42 Å². The predicted molar refractivity (Wildman–Crippen MR) is 52.4 cm³/mol. The van der Waals surface area contributed by atoms with E-state index in [2.05, 4.69) is 4.74 Å². The van der Waals surface area contributed by atoms with Gasteiger partial charge in [-0.1, -0.05) is 0 Å². The van der Waals surface area contributed by atoms with Gasteiger partial charge in [0.25, 0.3) is 9.05 Å². The van der Waals surface area contributed by atoms with Crippen LogP contribution in [0.5, 0.6) is 11.5 Å². The Kier molecular flexibility index (Phi) is 3.07. The third-order valence-corrected chi connectivity index (χ3v) is 3.02. The molecule has 0 aliphatic rings. The number of halogens is 1. The second kappa shape index (κ2) is 3.96. The van der Waals surface area contributed by atoms with E-state index in [4.69, 9.17) is 15.9 Å². The molecule has 0 bridgehead atoms. The van der Waals surface area contributed by atoms with Crippen molar-refractivity contribution >= 4 is 19.7 Å². The maximum Gasteiger partial charge on any atom is 0.266 e. The van der Waals surface area contributed by atoms with Crippen LogP contribution in [0.1, 0.15) is 5.56 Å². The molecule has 0 radical (unpaired) electrons. The summed E-state index contributed by atoms with van der Waals surface area (Å²) in [4.78, 5) is -0.519. The molecule has 0 amide bonds. The number of phenolic OH excluding ortho intramolecular Hbond substituents is 1. The summed E-state index contributed by atoms with van der Waals surface area (Å²) in [5.74, 6) is -0.722. The minimum Gasteiger partial charge on any atom is -0.504 e. The van der Waals surface area contributed by atoms with Crippen LogP contribution in [-0.4, -0.2) is 20.6 Å². The van der Waals surface area contributed by atoms with E-state index in [0.29, 0.717) is 0 Å². The Hall–Kier alpha value is -1.45. The summed E-state index contributed by atoms with van der Waals surface area (Å²) in [7, 11) is 2.15. The molecule has 1 N–H and O–H groups in total. The normalized spacial score (nSPS) is 10.7. The first-order chi connectivity index (χ1) is 6.91. The number of benzene rings is 1. The second-order valence-corrected chi connectivity index (χ2v) is 5.05. The highest BCUT2D eigenvalue weighted by molar-refractivity contribution is 8.13. The van der Waals surface area contributed by atoms with Gasteiger partial charge in [-0.3, -0.25) is 0 Å². The number of aromatic hydroxyl groups is 1. The molecule has 0 saturated heterocycles. The molecule has 0 atom stereocenters. The van der Waals surface area contributed by atoms with Gasteiger partial charge in [0.1, 0.15) is 11.0 Å². The molecule has 0 unspecified atom stereocenters. The van der Waals surface area contributed by atoms with Crippen molar-refractivity contribution in [3.8, 4) is 17.6 Å². The van der Waals surface area contributed by atoms with Gasteiger partial charge >= 0.3 is 0 Å². The monoisotopic (exact) mass is 247 g/mol. The Morgan fingerprint density at radius 3 is 2.53 bits per heavy atom. The lowest BCUT2D eigenvalue weighted by atomic mass is 10.2. The highest BCUT2D eigenvalue weighted by Gasteiger charge is 2.24.